The van der Waals surface area contributed by atoms with Crippen molar-refractivity contribution in [2.45, 2.75) is 37.5 Å². The zero-order chi connectivity index (χ0) is 19.9. The highest BCUT2D eigenvalue weighted by Crippen LogP contribution is 2.35. The Labute approximate surface area is 166 Å². The van der Waals surface area contributed by atoms with Gasteiger partial charge in [-0.3, -0.25) is 5.10 Å². The highest BCUT2D eigenvalue weighted by molar-refractivity contribution is 7.89. The summed E-state index contributed by atoms with van der Waals surface area (Å²) in [4.78, 5) is 0.248. The number of H-pyrrole nitrogens is 1. The van der Waals surface area contributed by atoms with Crippen LogP contribution >= 0.6 is 11.3 Å². The van der Waals surface area contributed by atoms with Crippen molar-refractivity contribution in [2.75, 3.05) is 13.1 Å². The van der Waals surface area contributed by atoms with Crippen molar-refractivity contribution in [2.24, 2.45) is 0 Å². The monoisotopic (exact) mass is 421 g/mol. The first kappa shape index (κ1) is 19.2. The maximum atomic E-state index is 14.0. The number of sulfonamides is 1. The first-order valence-electron chi connectivity index (χ1n) is 8.98. The molecule has 0 amide bonds. The number of halogens is 1. The molecule has 0 bridgehead atoms. The molecule has 1 atom stereocenters. The summed E-state index contributed by atoms with van der Waals surface area (Å²) in [5, 5.41) is 16.4. The molecule has 148 valence electrons. The summed E-state index contributed by atoms with van der Waals surface area (Å²) in [7, 11) is -3.64. The molecule has 1 unspecified atom stereocenters. The van der Waals surface area contributed by atoms with Gasteiger partial charge in [-0.25, -0.2) is 12.8 Å². The number of nitrogens with one attached hydrogen (secondary N) is 1. The predicted octanol–water partition coefficient (Wildman–Crippen LogP) is 3.25. The van der Waals surface area contributed by atoms with Crippen LogP contribution in [0.3, 0.4) is 0 Å². The lowest BCUT2D eigenvalue weighted by molar-refractivity contribution is 0.314. The minimum absolute atomic E-state index is 0.0611. The molecule has 1 aliphatic rings. The van der Waals surface area contributed by atoms with Gasteiger partial charge in [-0.05, 0) is 38.8 Å². The fraction of sp³-hybridized carbons (Fsp3) is 0.389. The van der Waals surface area contributed by atoms with Crippen LogP contribution in [0, 0.1) is 19.7 Å². The molecular weight excluding hydrogens is 401 g/mol. The molecule has 3 aromatic rings. The van der Waals surface area contributed by atoms with Gasteiger partial charge in [-0.15, -0.1) is 10.2 Å². The Morgan fingerprint density at radius 3 is 2.75 bits per heavy atom. The van der Waals surface area contributed by atoms with E-state index in [9.17, 15) is 12.8 Å². The van der Waals surface area contributed by atoms with E-state index in [2.05, 4.69) is 20.4 Å². The summed E-state index contributed by atoms with van der Waals surface area (Å²) in [5.41, 5.74) is 1.42. The largest absolute Gasteiger partial charge is 0.281 e. The molecule has 2 aromatic heterocycles. The second kappa shape index (κ2) is 7.34. The normalized spacial score (nSPS) is 18.5. The van der Waals surface area contributed by atoms with Gasteiger partial charge in [0.05, 0.1) is 11.4 Å². The SMILES string of the molecule is Cc1n[nH]c(C)c1S(=O)(=O)N1CCCC(c2nnc(-c3ccccc3F)s2)C1. The van der Waals surface area contributed by atoms with Crippen molar-refractivity contribution in [3.63, 3.8) is 0 Å². The van der Waals surface area contributed by atoms with E-state index in [-0.39, 0.29) is 16.6 Å². The number of nitrogens with zero attached hydrogens (tertiary/aromatic N) is 4. The highest BCUT2D eigenvalue weighted by Gasteiger charge is 2.35. The molecule has 4 rings (SSSR count). The summed E-state index contributed by atoms with van der Waals surface area (Å²) < 4.78 is 41.8. The van der Waals surface area contributed by atoms with E-state index in [4.69, 9.17) is 0 Å². The van der Waals surface area contributed by atoms with E-state index in [1.54, 1.807) is 32.0 Å². The molecule has 1 aliphatic heterocycles. The predicted molar refractivity (Wildman–Crippen MR) is 104 cm³/mol. The first-order valence-corrected chi connectivity index (χ1v) is 11.2. The summed E-state index contributed by atoms with van der Waals surface area (Å²) in [6.45, 7) is 4.18. The highest BCUT2D eigenvalue weighted by atomic mass is 32.2. The number of hydrogen-bond donors (Lipinski definition) is 1. The van der Waals surface area contributed by atoms with Crippen molar-refractivity contribution in [3.05, 3.63) is 46.5 Å². The van der Waals surface area contributed by atoms with E-state index in [0.717, 1.165) is 17.8 Å². The average Bonchev–Trinajstić information content (AvgIpc) is 3.29. The summed E-state index contributed by atoms with van der Waals surface area (Å²) in [5.74, 6) is -0.405. The Bertz CT molecular complexity index is 1090. The van der Waals surface area contributed by atoms with Crippen LogP contribution in [0.4, 0.5) is 4.39 Å². The van der Waals surface area contributed by atoms with Gasteiger partial charge < -0.3 is 0 Å². The molecule has 28 heavy (non-hydrogen) atoms. The van der Waals surface area contributed by atoms with Crippen LogP contribution in [-0.2, 0) is 10.0 Å². The van der Waals surface area contributed by atoms with Crippen molar-refractivity contribution in [1.29, 1.82) is 0 Å². The number of aromatic nitrogens is 4. The van der Waals surface area contributed by atoms with Gasteiger partial charge in [-0.2, -0.15) is 9.40 Å². The van der Waals surface area contributed by atoms with Crippen LogP contribution < -0.4 is 0 Å². The van der Waals surface area contributed by atoms with Crippen molar-refractivity contribution in [3.8, 4) is 10.6 Å². The Morgan fingerprint density at radius 2 is 2.04 bits per heavy atom. The minimum atomic E-state index is -3.64. The second-order valence-electron chi connectivity index (χ2n) is 6.89. The molecule has 1 N–H and O–H groups in total. The van der Waals surface area contributed by atoms with Gasteiger partial charge in [0.1, 0.15) is 15.7 Å². The molecular formula is C18H20FN5O2S2. The Morgan fingerprint density at radius 1 is 1.25 bits per heavy atom. The second-order valence-corrected chi connectivity index (χ2v) is 9.77. The van der Waals surface area contributed by atoms with E-state index < -0.39 is 10.0 Å². The molecule has 0 saturated carbocycles. The molecule has 7 nitrogen and oxygen atoms in total. The smallest absolute Gasteiger partial charge is 0.246 e. The maximum absolute atomic E-state index is 14.0. The van der Waals surface area contributed by atoms with Crippen LogP contribution in [0.25, 0.3) is 10.6 Å². The lowest BCUT2D eigenvalue weighted by Crippen LogP contribution is -2.39. The van der Waals surface area contributed by atoms with Crippen molar-refractivity contribution < 1.29 is 12.8 Å². The van der Waals surface area contributed by atoms with Crippen LogP contribution in [0.1, 0.15) is 35.2 Å². The number of benzene rings is 1. The van der Waals surface area contributed by atoms with Gasteiger partial charge in [0, 0.05) is 24.6 Å². The fourth-order valence-electron chi connectivity index (χ4n) is 3.56. The van der Waals surface area contributed by atoms with Crippen LogP contribution in [0.2, 0.25) is 0 Å². The van der Waals surface area contributed by atoms with Gasteiger partial charge >= 0.3 is 0 Å². The number of aryl methyl sites for hydroxylation is 2. The molecule has 0 radical (unpaired) electrons. The van der Waals surface area contributed by atoms with Crippen molar-refractivity contribution >= 4 is 21.4 Å². The van der Waals surface area contributed by atoms with Crippen molar-refractivity contribution in [1.82, 2.24) is 24.7 Å². The van der Waals surface area contributed by atoms with E-state index >= 15 is 0 Å². The Hall–Kier alpha value is -2.17. The van der Waals surface area contributed by atoms with Gasteiger partial charge in [-0.1, -0.05) is 23.5 Å². The number of hydrogen-bond acceptors (Lipinski definition) is 6. The zero-order valence-electron chi connectivity index (χ0n) is 15.5. The lowest BCUT2D eigenvalue weighted by atomic mass is 10.0. The first-order chi connectivity index (χ1) is 13.4. The standard InChI is InChI=1S/C18H20FN5O2S2/c1-11-16(12(2)21-20-11)28(25,26)24-9-5-6-13(10-24)17-22-23-18(27-17)14-7-3-4-8-15(14)19/h3-4,7-8,13H,5-6,9-10H2,1-2H3,(H,20,21). The van der Waals surface area contributed by atoms with E-state index in [1.165, 1.54) is 21.7 Å². The maximum Gasteiger partial charge on any atom is 0.246 e. The molecule has 0 aliphatic carbocycles. The Kier molecular flexibility index (Phi) is 5.02. The van der Waals surface area contributed by atoms with Gasteiger partial charge in [0.15, 0.2) is 5.01 Å². The summed E-state index contributed by atoms with van der Waals surface area (Å²) in [6, 6.07) is 6.44. The van der Waals surface area contributed by atoms with E-state index in [1.807, 2.05) is 0 Å². The third-order valence-corrected chi connectivity index (χ3v) is 8.18. The quantitative estimate of drug-likeness (QED) is 0.698. The topological polar surface area (TPSA) is 91.8 Å². The van der Waals surface area contributed by atoms with Crippen LogP contribution in [0.15, 0.2) is 29.2 Å². The molecule has 1 fully saturated rings. The zero-order valence-corrected chi connectivity index (χ0v) is 17.1. The molecule has 1 aromatic carbocycles. The van der Waals surface area contributed by atoms with E-state index in [0.29, 0.717) is 35.0 Å². The number of aromatic amines is 1. The third-order valence-electron chi connectivity index (χ3n) is 4.94. The molecule has 3 heterocycles. The molecule has 1 saturated heterocycles. The van der Waals surface area contributed by atoms with Crippen LogP contribution in [0.5, 0.6) is 0 Å². The lowest BCUT2D eigenvalue weighted by Gasteiger charge is -2.30. The van der Waals surface area contributed by atoms with Gasteiger partial charge in [0.25, 0.3) is 0 Å². The van der Waals surface area contributed by atoms with Gasteiger partial charge in [0.2, 0.25) is 10.0 Å². The number of rotatable bonds is 4. The minimum Gasteiger partial charge on any atom is -0.281 e. The number of piperidine rings is 1. The summed E-state index contributed by atoms with van der Waals surface area (Å²) >= 11 is 1.32. The Balaban J connectivity index is 1.59. The fourth-order valence-corrected chi connectivity index (χ4v) is 6.41. The average molecular weight is 422 g/mol. The van der Waals surface area contributed by atoms with Crippen LogP contribution in [-0.4, -0.2) is 46.2 Å². The summed E-state index contributed by atoms with van der Waals surface area (Å²) in [6.07, 6.45) is 1.55. The molecule has 10 heteroatoms. The molecule has 0 spiro atoms. The third kappa shape index (κ3) is 3.36.